The molecule has 2 aromatic carbocycles. The predicted octanol–water partition coefficient (Wildman–Crippen LogP) is 4.93. The summed E-state index contributed by atoms with van der Waals surface area (Å²) in [5, 5.41) is 3.55. The molecule has 0 saturated heterocycles. The molecule has 1 aliphatic carbocycles. The first-order chi connectivity index (χ1) is 17.0. The lowest BCUT2D eigenvalue weighted by atomic mass is 10.1. The fourth-order valence-corrected chi connectivity index (χ4v) is 5.99. The van der Waals surface area contributed by atoms with Crippen molar-refractivity contribution in [2.45, 2.75) is 64.6 Å². The molecule has 0 aromatic heterocycles. The van der Waals surface area contributed by atoms with E-state index in [4.69, 9.17) is 23.2 Å². The molecule has 0 unspecified atom stereocenters. The van der Waals surface area contributed by atoms with Gasteiger partial charge in [-0.15, -0.1) is 0 Å². The minimum absolute atomic E-state index is 0.0999. The van der Waals surface area contributed by atoms with Crippen LogP contribution in [0.2, 0.25) is 10.0 Å². The third-order valence-electron chi connectivity index (χ3n) is 6.38. The summed E-state index contributed by atoms with van der Waals surface area (Å²) in [6.45, 7) is 3.47. The first-order valence-electron chi connectivity index (χ1n) is 12.1. The van der Waals surface area contributed by atoms with E-state index in [-0.39, 0.29) is 29.2 Å². The molecule has 0 aliphatic heterocycles. The Balaban J connectivity index is 1.94. The van der Waals surface area contributed by atoms with Gasteiger partial charge in [-0.25, -0.2) is 8.42 Å². The molecule has 2 amide bonds. The Morgan fingerprint density at radius 3 is 2.39 bits per heavy atom. The van der Waals surface area contributed by atoms with Gasteiger partial charge in [0.2, 0.25) is 21.8 Å². The number of nitrogens with one attached hydrogen (secondary N) is 1. The Morgan fingerprint density at radius 2 is 1.81 bits per heavy atom. The summed E-state index contributed by atoms with van der Waals surface area (Å²) in [6, 6.07) is 11.4. The number of halogens is 2. The van der Waals surface area contributed by atoms with Crippen molar-refractivity contribution in [2.75, 3.05) is 17.1 Å². The molecule has 1 N–H and O–H groups in total. The van der Waals surface area contributed by atoms with Crippen LogP contribution < -0.4 is 9.62 Å². The number of amides is 2. The second-order valence-corrected chi connectivity index (χ2v) is 12.0. The molecule has 10 heteroatoms. The first kappa shape index (κ1) is 28.3. The van der Waals surface area contributed by atoms with Crippen LogP contribution >= 0.6 is 23.2 Å². The van der Waals surface area contributed by atoms with E-state index in [9.17, 15) is 18.0 Å². The fraction of sp³-hybridized carbons (Fsp3) is 0.462. The quantitative estimate of drug-likeness (QED) is 0.451. The summed E-state index contributed by atoms with van der Waals surface area (Å²) in [4.78, 5) is 28.5. The number of nitrogens with zero attached hydrogens (tertiary/aromatic N) is 2. The van der Waals surface area contributed by atoms with Gasteiger partial charge in [0.1, 0.15) is 12.6 Å². The number of anilines is 1. The van der Waals surface area contributed by atoms with Crippen molar-refractivity contribution in [2.24, 2.45) is 0 Å². The number of rotatable bonds is 10. The van der Waals surface area contributed by atoms with Crippen LogP contribution in [0.5, 0.6) is 0 Å². The van der Waals surface area contributed by atoms with E-state index in [1.807, 2.05) is 38.1 Å². The zero-order valence-electron chi connectivity index (χ0n) is 20.8. The van der Waals surface area contributed by atoms with Gasteiger partial charge in [-0.3, -0.25) is 13.9 Å². The SMILES string of the molecule is CC[C@H](C(=O)NC1CCCC1)N(Cc1cccc(C)c1)C(=O)CN(c1ccc(Cl)cc1Cl)S(C)(=O)=O. The van der Waals surface area contributed by atoms with E-state index in [0.717, 1.165) is 47.4 Å². The van der Waals surface area contributed by atoms with Crippen LogP contribution in [0.4, 0.5) is 5.69 Å². The van der Waals surface area contributed by atoms with Crippen molar-refractivity contribution < 1.29 is 18.0 Å². The van der Waals surface area contributed by atoms with Crippen LogP contribution in [-0.4, -0.2) is 50.0 Å². The molecule has 1 atom stereocenters. The molecule has 7 nitrogen and oxygen atoms in total. The molecule has 36 heavy (non-hydrogen) atoms. The molecular formula is C26H33Cl2N3O4S. The summed E-state index contributed by atoms with van der Waals surface area (Å²) in [5.74, 6) is -0.720. The molecule has 1 fully saturated rings. The van der Waals surface area contributed by atoms with E-state index in [1.54, 1.807) is 0 Å². The summed E-state index contributed by atoms with van der Waals surface area (Å²) in [5.41, 5.74) is 2.02. The molecule has 0 heterocycles. The van der Waals surface area contributed by atoms with E-state index in [1.165, 1.54) is 23.1 Å². The van der Waals surface area contributed by atoms with Crippen LogP contribution in [-0.2, 0) is 26.2 Å². The van der Waals surface area contributed by atoms with Gasteiger partial charge in [0.15, 0.2) is 0 Å². The number of hydrogen-bond acceptors (Lipinski definition) is 4. The zero-order valence-corrected chi connectivity index (χ0v) is 23.2. The van der Waals surface area contributed by atoms with Gasteiger partial charge >= 0.3 is 0 Å². The monoisotopic (exact) mass is 553 g/mol. The Hall–Kier alpha value is -2.29. The minimum atomic E-state index is -3.88. The number of sulfonamides is 1. The highest BCUT2D eigenvalue weighted by molar-refractivity contribution is 7.92. The Labute approximate surface area is 223 Å². The number of carbonyl (C=O) groups is 2. The summed E-state index contributed by atoms with van der Waals surface area (Å²) in [6.07, 6.45) is 5.38. The smallest absolute Gasteiger partial charge is 0.244 e. The molecule has 0 spiro atoms. The highest BCUT2D eigenvalue weighted by atomic mass is 35.5. The lowest BCUT2D eigenvalue weighted by Crippen LogP contribution is -2.53. The van der Waals surface area contributed by atoms with Crippen LogP contribution in [0.3, 0.4) is 0 Å². The van der Waals surface area contributed by atoms with Crippen LogP contribution in [0.1, 0.15) is 50.2 Å². The van der Waals surface area contributed by atoms with Gasteiger partial charge in [-0.1, -0.05) is 72.8 Å². The standard InChI is InChI=1S/C26H33Cl2N3O4S/c1-4-23(26(33)29-21-10-5-6-11-21)30(16-19-9-7-8-18(2)14-19)25(32)17-31(36(3,34)35)24-13-12-20(27)15-22(24)28/h7-9,12-15,21,23H,4-6,10-11,16-17H2,1-3H3,(H,29,33)/t23-/m1/s1. The van der Waals surface area contributed by atoms with Gasteiger partial charge in [0.25, 0.3) is 0 Å². The Kier molecular flexibility index (Phi) is 9.66. The fourth-order valence-electron chi connectivity index (χ4n) is 4.57. The highest BCUT2D eigenvalue weighted by Gasteiger charge is 2.33. The van der Waals surface area contributed by atoms with Gasteiger partial charge < -0.3 is 10.2 Å². The molecule has 0 bridgehead atoms. The predicted molar refractivity (Wildman–Crippen MR) is 145 cm³/mol. The third kappa shape index (κ3) is 7.37. The van der Waals surface area contributed by atoms with Crippen LogP contribution in [0, 0.1) is 6.92 Å². The number of benzene rings is 2. The maximum absolute atomic E-state index is 13.8. The lowest BCUT2D eigenvalue weighted by molar-refractivity contribution is -0.140. The maximum Gasteiger partial charge on any atom is 0.244 e. The average molecular weight is 555 g/mol. The van der Waals surface area contributed by atoms with Crippen LogP contribution in [0.25, 0.3) is 0 Å². The molecule has 0 radical (unpaired) electrons. The van der Waals surface area contributed by atoms with Gasteiger partial charge in [0, 0.05) is 17.6 Å². The largest absolute Gasteiger partial charge is 0.352 e. The number of hydrogen-bond donors (Lipinski definition) is 1. The number of aryl methyl sites for hydroxylation is 1. The van der Waals surface area contributed by atoms with Crippen molar-refractivity contribution in [3.63, 3.8) is 0 Å². The second kappa shape index (κ2) is 12.3. The normalized spacial score (nSPS) is 14.9. The van der Waals surface area contributed by atoms with Crippen molar-refractivity contribution in [1.82, 2.24) is 10.2 Å². The first-order valence-corrected chi connectivity index (χ1v) is 14.7. The highest BCUT2D eigenvalue weighted by Crippen LogP contribution is 2.30. The molecule has 196 valence electrons. The summed E-state index contributed by atoms with van der Waals surface area (Å²) in [7, 11) is -3.88. The van der Waals surface area contributed by atoms with Gasteiger partial charge in [-0.05, 0) is 49.9 Å². The minimum Gasteiger partial charge on any atom is -0.352 e. The van der Waals surface area contributed by atoms with E-state index >= 15 is 0 Å². The molecule has 1 saturated carbocycles. The second-order valence-electron chi connectivity index (χ2n) is 9.29. The Morgan fingerprint density at radius 1 is 1.11 bits per heavy atom. The van der Waals surface area contributed by atoms with Crippen molar-refractivity contribution >= 4 is 50.7 Å². The topological polar surface area (TPSA) is 86.8 Å². The van der Waals surface area contributed by atoms with E-state index < -0.39 is 28.5 Å². The zero-order chi connectivity index (χ0) is 26.5. The molecular weight excluding hydrogens is 521 g/mol. The lowest BCUT2D eigenvalue weighted by Gasteiger charge is -2.33. The van der Waals surface area contributed by atoms with E-state index in [2.05, 4.69) is 5.32 Å². The molecule has 2 aromatic rings. The average Bonchev–Trinajstić information content (AvgIpc) is 3.30. The summed E-state index contributed by atoms with van der Waals surface area (Å²) < 4.78 is 26.4. The Bertz CT molecular complexity index is 1200. The van der Waals surface area contributed by atoms with Crippen molar-refractivity contribution in [3.05, 3.63) is 63.6 Å². The van der Waals surface area contributed by atoms with E-state index in [0.29, 0.717) is 11.4 Å². The molecule has 1 aliphatic rings. The van der Waals surface area contributed by atoms with Crippen LogP contribution in [0.15, 0.2) is 42.5 Å². The maximum atomic E-state index is 13.8. The van der Waals surface area contributed by atoms with Gasteiger partial charge in [-0.2, -0.15) is 0 Å². The molecule has 3 rings (SSSR count). The van der Waals surface area contributed by atoms with Crippen molar-refractivity contribution in [1.29, 1.82) is 0 Å². The summed E-state index contributed by atoms with van der Waals surface area (Å²) >= 11 is 12.3. The van der Waals surface area contributed by atoms with Gasteiger partial charge in [0.05, 0.1) is 17.0 Å². The van der Waals surface area contributed by atoms with Crippen molar-refractivity contribution in [3.8, 4) is 0 Å². The third-order valence-corrected chi connectivity index (χ3v) is 8.04. The number of carbonyl (C=O) groups excluding carboxylic acids is 2.